The molecule has 132 valence electrons. The number of nitrogens with zero attached hydrogens (tertiary/aromatic N) is 1. The van der Waals surface area contributed by atoms with Gasteiger partial charge in [-0.25, -0.2) is 9.59 Å². The molecule has 24 heavy (non-hydrogen) atoms. The number of methoxy groups -OCH3 is 1. The fraction of sp³-hybridized carbons (Fsp3) is 0.529. The normalized spacial score (nSPS) is 16.6. The number of carboxylic acid groups (broad SMARTS) is 1. The van der Waals surface area contributed by atoms with E-state index in [1.54, 1.807) is 12.1 Å². The summed E-state index contributed by atoms with van der Waals surface area (Å²) in [4.78, 5) is 24.3. The lowest BCUT2D eigenvalue weighted by Gasteiger charge is -2.34. The summed E-state index contributed by atoms with van der Waals surface area (Å²) in [5.41, 5.74) is 1.94. The molecule has 0 aromatic heterocycles. The molecular weight excluding hydrogens is 332 g/mol. The van der Waals surface area contributed by atoms with Crippen molar-refractivity contribution in [3.63, 3.8) is 0 Å². The number of hydrogen-bond acceptors (Lipinski definition) is 4. The number of rotatable bonds is 4. The number of aryl methyl sites for hydroxylation is 1. The smallest absolute Gasteiger partial charge is 0.407 e. The van der Waals surface area contributed by atoms with Gasteiger partial charge in [0, 0.05) is 19.1 Å². The molecular formula is C17H23ClN2O4. The number of halogens is 1. The summed E-state index contributed by atoms with van der Waals surface area (Å²) in [5, 5.41) is 12.9. The maximum absolute atomic E-state index is 11.8. The highest BCUT2D eigenvalue weighted by molar-refractivity contribution is 6.33. The first-order valence-corrected chi connectivity index (χ1v) is 8.34. The van der Waals surface area contributed by atoms with Crippen molar-refractivity contribution in [1.82, 2.24) is 4.90 Å². The molecule has 1 atom stereocenters. The first kappa shape index (κ1) is 18.4. The summed E-state index contributed by atoms with van der Waals surface area (Å²) in [6, 6.07) is 3.58. The zero-order chi connectivity index (χ0) is 17.9. The Bertz CT molecular complexity index is 627. The molecule has 1 aliphatic heterocycles. The minimum absolute atomic E-state index is 0.117. The summed E-state index contributed by atoms with van der Waals surface area (Å²) in [5.74, 6) is -0.0471. The van der Waals surface area contributed by atoms with Crippen molar-refractivity contribution in [2.24, 2.45) is 5.92 Å². The van der Waals surface area contributed by atoms with E-state index in [-0.39, 0.29) is 6.04 Å². The van der Waals surface area contributed by atoms with Crippen LogP contribution in [0.25, 0.3) is 0 Å². The van der Waals surface area contributed by atoms with Crippen LogP contribution in [0.2, 0.25) is 5.02 Å². The molecule has 1 saturated heterocycles. The van der Waals surface area contributed by atoms with Crippen LogP contribution in [0.5, 0.6) is 0 Å². The van der Waals surface area contributed by atoms with Gasteiger partial charge < -0.3 is 20.1 Å². The lowest BCUT2D eigenvalue weighted by Crippen LogP contribution is -2.41. The Morgan fingerprint density at radius 3 is 2.54 bits per heavy atom. The van der Waals surface area contributed by atoms with Crippen LogP contribution in [0.1, 0.15) is 35.7 Å². The molecule has 1 heterocycles. The highest BCUT2D eigenvalue weighted by Crippen LogP contribution is 2.30. The number of benzene rings is 1. The summed E-state index contributed by atoms with van der Waals surface area (Å²) in [6.45, 7) is 4.95. The molecule has 1 aliphatic rings. The number of nitrogens with one attached hydrogen (secondary N) is 1. The third-order valence-electron chi connectivity index (χ3n) is 4.62. The second kappa shape index (κ2) is 7.75. The van der Waals surface area contributed by atoms with E-state index in [9.17, 15) is 9.59 Å². The molecule has 2 rings (SSSR count). The molecule has 1 amide bonds. The molecule has 2 N–H and O–H groups in total. The van der Waals surface area contributed by atoms with E-state index in [1.807, 2.05) is 6.92 Å². The maximum atomic E-state index is 11.8. The average Bonchev–Trinajstić information content (AvgIpc) is 2.56. The molecule has 1 aromatic carbocycles. The van der Waals surface area contributed by atoms with E-state index in [0.717, 1.165) is 18.4 Å². The fourth-order valence-corrected chi connectivity index (χ4v) is 3.34. The Labute approximate surface area is 146 Å². The van der Waals surface area contributed by atoms with Crippen LogP contribution in [0, 0.1) is 12.8 Å². The van der Waals surface area contributed by atoms with E-state index in [2.05, 4.69) is 12.2 Å². The van der Waals surface area contributed by atoms with E-state index in [4.69, 9.17) is 21.4 Å². The van der Waals surface area contributed by atoms with Gasteiger partial charge in [0.25, 0.3) is 0 Å². The SMILES string of the molecule is COC(=O)c1cc(N[C@@H](C)C2CCN(C(=O)O)CC2)c(Cl)cc1C. The molecule has 0 aliphatic carbocycles. The van der Waals surface area contributed by atoms with Gasteiger partial charge in [0.2, 0.25) is 0 Å². The molecule has 7 heteroatoms. The quantitative estimate of drug-likeness (QED) is 0.807. The van der Waals surface area contributed by atoms with Gasteiger partial charge in [-0.05, 0) is 50.3 Å². The number of carbonyl (C=O) groups is 2. The number of likely N-dealkylation sites (tertiary alicyclic amines) is 1. The lowest BCUT2D eigenvalue weighted by molar-refractivity contribution is 0.0600. The van der Waals surface area contributed by atoms with Crippen LogP contribution < -0.4 is 5.32 Å². The Hall–Kier alpha value is -1.95. The number of piperidine rings is 1. The zero-order valence-corrected chi connectivity index (χ0v) is 14.9. The predicted octanol–water partition coefficient (Wildman–Crippen LogP) is 3.63. The summed E-state index contributed by atoms with van der Waals surface area (Å²) >= 11 is 6.30. The maximum Gasteiger partial charge on any atom is 0.407 e. The van der Waals surface area contributed by atoms with Crippen LogP contribution >= 0.6 is 11.6 Å². The second-order valence-electron chi connectivity index (χ2n) is 6.18. The molecule has 0 radical (unpaired) electrons. The van der Waals surface area contributed by atoms with Gasteiger partial charge >= 0.3 is 12.1 Å². The van der Waals surface area contributed by atoms with Gasteiger partial charge in [-0.2, -0.15) is 0 Å². The van der Waals surface area contributed by atoms with Crippen LogP contribution in [0.3, 0.4) is 0 Å². The van der Waals surface area contributed by atoms with Crippen molar-refractivity contribution in [2.45, 2.75) is 32.7 Å². The number of carbonyl (C=O) groups excluding carboxylic acids is 1. The van der Waals surface area contributed by atoms with Crippen LogP contribution in [0.15, 0.2) is 12.1 Å². The van der Waals surface area contributed by atoms with Gasteiger partial charge in [0.15, 0.2) is 0 Å². The topological polar surface area (TPSA) is 78.9 Å². The van der Waals surface area contributed by atoms with Crippen molar-refractivity contribution < 1.29 is 19.4 Å². The Balaban J connectivity index is 2.08. The standard InChI is InChI=1S/C17H23ClN2O4/c1-10-8-14(18)15(9-13(10)16(21)24-3)19-11(2)12-4-6-20(7-5-12)17(22)23/h8-9,11-12,19H,4-7H2,1-3H3,(H,22,23)/t11-/m0/s1. The minimum atomic E-state index is -0.863. The fourth-order valence-electron chi connectivity index (χ4n) is 3.07. The Morgan fingerprint density at radius 2 is 2.00 bits per heavy atom. The van der Waals surface area contributed by atoms with Gasteiger partial charge in [0.1, 0.15) is 0 Å². The summed E-state index contributed by atoms with van der Waals surface area (Å²) in [7, 11) is 1.35. The van der Waals surface area contributed by atoms with E-state index in [1.165, 1.54) is 12.0 Å². The van der Waals surface area contributed by atoms with Crippen LogP contribution in [-0.4, -0.2) is 48.3 Å². The molecule has 0 saturated carbocycles. The van der Waals surface area contributed by atoms with Crippen molar-refractivity contribution in [1.29, 1.82) is 0 Å². The largest absolute Gasteiger partial charge is 0.465 e. The van der Waals surface area contributed by atoms with Crippen LogP contribution in [0.4, 0.5) is 10.5 Å². The predicted molar refractivity (Wildman–Crippen MR) is 92.9 cm³/mol. The van der Waals surface area contributed by atoms with E-state index in [0.29, 0.717) is 35.3 Å². The third-order valence-corrected chi connectivity index (χ3v) is 4.93. The Morgan fingerprint density at radius 1 is 1.38 bits per heavy atom. The number of ether oxygens (including phenoxy) is 1. The number of esters is 1. The van der Waals surface area contributed by atoms with Crippen molar-refractivity contribution >= 4 is 29.4 Å². The summed E-state index contributed by atoms with van der Waals surface area (Å²) < 4.78 is 4.80. The summed E-state index contributed by atoms with van der Waals surface area (Å²) in [6.07, 6.45) is 0.736. The third kappa shape index (κ3) is 4.12. The lowest BCUT2D eigenvalue weighted by atomic mass is 9.90. The zero-order valence-electron chi connectivity index (χ0n) is 14.1. The van der Waals surface area contributed by atoms with E-state index < -0.39 is 12.1 Å². The number of anilines is 1. The van der Waals surface area contributed by atoms with Gasteiger partial charge in [0.05, 0.1) is 23.4 Å². The molecule has 1 aromatic rings. The van der Waals surface area contributed by atoms with Gasteiger partial charge in [-0.15, -0.1) is 0 Å². The second-order valence-corrected chi connectivity index (χ2v) is 6.59. The average molecular weight is 355 g/mol. The molecule has 0 bridgehead atoms. The molecule has 6 nitrogen and oxygen atoms in total. The number of amides is 1. The first-order chi connectivity index (χ1) is 11.3. The number of hydrogen-bond donors (Lipinski definition) is 2. The highest BCUT2D eigenvalue weighted by atomic mass is 35.5. The molecule has 0 unspecified atom stereocenters. The monoisotopic (exact) mass is 354 g/mol. The molecule has 0 spiro atoms. The highest BCUT2D eigenvalue weighted by Gasteiger charge is 2.26. The van der Waals surface area contributed by atoms with Gasteiger partial charge in [-0.3, -0.25) is 0 Å². The van der Waals surface area contributed by atoms with Crippen molar-refractivity contribution in [2.75, 3.05) is 25.5 Å². The molecule has 1 fully saturated rings. The first-order valence-electron chi connectivity index (χ1n) is 7.96. The van der Waals surface area contributed by atoms with Crippen molar-refractivity contribution in [3.8, 4) is 0 Å². The van der Waals surface area contributed by atoms with E-state index >= 15 is 0 Å². The van der Waals surface area contributed by atoms with Crippen molar-refractivity contribution in [3.05, 3.63) is 28.3 Å². The Kier molecular flexibility index (Phi) is 5.94. The minimum Gasteiger partial charge on any atom is -0.465 e. The van der Waals surface area contributed by atoms with Crippen LogP contribution in [-0.2, 0) is 4.74 Å². The van der Waals surface area contributed by atoms with Gasteiger partial charge in [-0.1, -0.05) is 11.6 Å².